The van der Waals surface area contributed by atoms with E-state index < -0.39 is 11.9 Å². The molecule has 2 aliphatic heterocycles. The minimum absolute atomic E-state index is 0.0175. The molecule has 2 saturated heterocycles. The van der Waals surface area contributed by atoms with Crippen molar-refractivity contribution in [2.24, 2.45) is 52.3 Å². The van der Waals surface area contributed by atoms with Crippen molar-refractivity contribution in [3.8, 4) is 0 Å². The fraction of sp³-hybridized carbons (Fsp3) is 0.931. The lowest BCUT2D eigenvalue weighted by molar-refractivity contribution is -0.273. The first-order valence-electron chi connectivity index (χ1n) is 14.1. The normalized spacial score (nSPS) is 56.4. The van der Waals surface area contributed by atoms with Crippen LogP contribution in [0.1, 0.15) is 92.4 Å². The van der Waals surface area contributed by atoms with Crippen molar-refractivity contribution in [1.29, 1.82) is 0 Å². The Morgan fingerprint density at radius 2 is 1.85 bits per heavy atom. The fourth-order valence-electron chi connectivity index (χ4n) is 10.4. The van der Waals surface area contributed by atoms with E-state index in [9.17, 15) is 9.59 Å². The van der Waals surface area contributed by atoms with Gasteiger partial charge in [0.25, 0.3) is 0 Å². The molecule has 0 radical (unpaired) electrons. The van der Waals surface area contributed by atoms with Crippen molar-refractivity contribution in [2.45, 2.75) is 110 Å². The van der Waals surface area contributed by atoms with Gasteiger partial charge < -0.3 is 14.2 Å². The molecule has 4 aliphatic carbocycles. The highest BCUT2D eigenvalue weighted by Crippen LogP contribution is 2.71. The molecule has 1 spiro atoms. The Labute approximate surface area is 205 Å². The Kier molecular flexibility index (Phi) is 5.37. The van der Waals surface area contributed by atoms with Gasteiger partial charge in [-0.1, -0.05) is 40.5 Å². The molecule has 0 N–H and O–H groups in total. The maximum atomic E-state index is 14.5. The van der Waals surface area contributed by atoms with E-state index in [0.717, 1.165) is 38.7 Å². The molecule has 4 saturated carbocycles. The third-order valence-electron chi connectivity index (χ3n) is 12.0. The molecule has 0 aromatic heterocycles. The Hall–Kier alpha value is -0.940. The van der Waals surface area contributed by atoms with Crippen LogP contribution in [0.4, 0.5) is 0 Å². The summed E-state index contributed by atoms with van der Waals surface area (Å²) in [6, 6.07) is 0. The highest BCUT2D eigenvalue weighted by Gasteiger charge is 2.74. The number of hydrogen-bond acceptors (Lipinski definition) is 5. The molecule has 5 nitrogen and oxygen atoms in total. The molecule has 12 atom stereocenters. The van der Waals surface area contributed by atoms with Gasteiger partial charge in [-0.3, -0.25) is 9.59 Å². The van der Waals surface area contributed by atoms with E-state index in [1.54, 1.807) is 0 Å². The monoisotopic (exact) mass is 472 g/mol. The van der Waals surface area contributed by atoms with E-state index in [4.69, 9.17) is 14.2 Å². The molecule has 0 bridgehead atoms. The van der Waals surface area contributed by atoms with Gasteiger partial charge in [-0.05, 0) is 67.6 Å². The summed E-state index contributed by atoms with van der Waals surface area (Å²) in [6.07, 6.45) is 9.69. The maximum absolute atomic E-state index is 14.5. The van der Waals surface area contributed by atoms with E-state index in [1.807, 2.05) is 0 Å². The number of ether oxygens (including phenoxy) is 3. The Morgan fingerprint density at radius 3 is 2.56 bits per heavy atom. The van der Waals surface area contributed by atoms with Crippen LogP contribution in [0.5, 0.6) is 0 Å². The lowest BCUT2D eigenvalue weighted by Crippen LogP contribution is -2.64. The van der Waals surface area contributed by atoms with Crippen molar-refractivity contribution in [2.75, 3.05) is 6.61 Å². The predicted octanol–water partition coefficient (Wildman–Crippen LogP) is 5.54. The first kappa shape index (κ1) is 23.5. The van der Waals surface area contributed by atoms with Crippen LogP contribution in [-0.2, 0) is 23.8 Å². The summed E-state index contributed by atoms with van der Waals surface area (Å²) in [6.45, 7) is 11.4. The van der Waals surface area contributed by atoms with Crippen molar-refractivity contribution < 1.29 is 23.8 Å². The highest BCUT2D eigenvalue weighted by atomic mass is 16.7. The molecule has 190 valence electrons. The van der Waals surface area contributed by atoms with Crippen LogP contribution in [0.2, 0.25) is 0 Å². The van der Waals surface area contributed by atoms with Gasteiger partial charge in [-0.25, -0.2) is 0 Å². The van der Waals surface area contributed by atoms with Crippen molar-refractivity contribution in [3.05, 3.63) is 0 Å². The van der Waals surface area contributed by atoms with Crippen LogP contribution in [0.3, 0.4) is 0 Å². The van der Waals surface area contributed by atoms with Crippen LogP contribution in [0.15, 0.2) is 0 Å². The van der Waals surface area contributed by atoms with Crippen LogP contribution < -0.4 is 0 Å². The topological polar surface area (TPSA) is 61.8 Å². The van der Waals surface area contributed by atoms with E-state index in [-0.39, 0.29) is 46.4 Å². The van der Waals surface area contributed by atoms with Gasteiger partial charge in [0.15, 0.2) is 17.7 Å². The molecular weight excluding hydrogens is 428 g/mol. The van der Waals surface area contributed by atoms with Gasteiger partial charge in [0, 0.05) is 36.5 Å². The summed E-state index contributed by atoms with van der Waals surface area (Å²) in [5, 5.41) is 0. The Bertz CT molecular complexity index is 861. The lowest BCUT2D eigenvalue weighted by atomic mass is 9.43. The molecule has 6 rings (SSSR count). The average molecular weight is 473 g/mol. The van der Waals surface area contributed by atoms with E-state index in [1.165, 1.54) is 32.6 Å². The van der Waals surface area contributed by atoms with E-state index in [0.29, 0.717) is 23.7 Å². The Morgan fingerprint density at radius 1 is 1.06 bits per heavy atom. The number of ketones is 1. The van der Waals surface area contributed by atoms with Gasteiger partial charge in [0.2, 0.25) is 0 Å². The van der Waals surface area contributed by atoms with Crippen LogP contribution in [0.25, 0.3) is 0 Å². The smallest absolute Gasteiger partial charge is 0.303 e. The zero-order chi connectivity index (χ0) is 24.0. The van der Waals surface area contributed by atoms with Gasteiger partial charge >= 0.3 is 5.97 Å². The summed E-state index contributed by atoms with van der Waals surface area (Å²) in [5.74, 6) is 1.66. The molecule has 6 fully saturated rings. The second kappa shape index (κ2) is 7.78. The first-order valence-corrected chi connectivity index (χ1v) is 14.1. The molecule has 2 heterocycles. The quantitative estimate of drug-likeness (QED) is 0.469. The third kappa shape index (κ3) is 2.98. The maximum Gasteiger partial charge on any atom is 0.303 e. The van der Waals surface area contributed by atoms with Gasteiger partial charge in [-0.2, -0.15) is 0 Å². The molecule has 34 heavy (non-hydrogen) atoms. The molecule has 3 unspecified atom stereocenters. The van der Waals surface area contributed by atoms with Crippen LogP contribution in [0, 0.1) is 52.3 Å². The first-order chi connectivity index (χ1) is 16.1. The summed E-state index contributed by atoms with van der Waals surface area (Å²) < 4.78 is 19.3. The zero-order valence-electron chi connectivity index (χ0n) is 21.8. The molecule has 5 heteroatoms. The summed E-state index contributed by atoms with van der Waals surface area (Å²) >= 11 is 0. The van der Waals surface area contributed by atoms with Gasteiger partial charge in [-0.15, -0.1) is 0 Å². The van der Waals surface area contributed by atoms with Gasteiger partial charge in [0.1, 0.15) is 0 Å². The minimum Gasteiger partial charge on any atom is -0.454 e. The molecule has 0 amide bonds. The second-order valence-corrected chi connectivity index (χ2v) is 13.5. The SMILES string of the molecule is CC(=O)OC1C(=O)[C@H]2[C@@H](CCC3CCCC[C@@]32C)[C@@H]2C[C@@H]3O[C@]4(CCC(C)CO4)[C@@H](C)[C@@H]3[C@@]12C. The van der Waals surface area contributed by atoms with E-state index >= 15 is 0 Å². The third-order valence-corrected chi connectivity index (χ3v) is 12.0. The molecular formula is C29H44O5. The standard InChI is InChI=1S/C29H44O5/c1-16-11-13-29(32-15-16)17(2)23-22(34-29)14-21-20-10-9-19-8-6-7-12-27(19,4)24(20)25(31)26(28(21,23)5)33-18(3)30/h16-17,19-24,26H,6-15H2,1-5H3/t16?,17-,19?,20-,21-,22-,23-,24+,26?,27-,28-,29+/m0/s1. The number of Topliss-reactive ketones (excluding diaryl/α,β-unsaturated/α-hetero) is 1. The number of hydrogen-bond donors (Lipinski definition) is 0. The van der Waals surface area contributed by atoms with Crippen LogP contribution >= 0.6 is 0 Å². The number of rotatable bonds is 1. The Balaban J connectivity index is 1.40. The minimum atomic E-state index is -0.660. The van der Waals surface area contributed by atoms with E-state index in [2.05, 4.69) is 27.7 Å². The van der Waals surface area contributed by atoms with Gasteiger partial charge in [0.05, 0.1) is 12.7 Å². The second-order valence-electron chi connectivity index (χ2n) is 13.5. The van der Waals surface area contributed by atoms with Crippen molar-refractivity contribution >= 4 is 11.8 Å². The summed E-state index contributed by atoms with van der Waals surface area (Å²) in [5.41, 5.74) is -0.339. The van der Waals surface area contributed by atoms with Crippen LogP contribution in [-0.4, -0.2) is 36.4 Å². The van der Waals surface area contributed by atoms with Crippen molar-refractivity contribution in [3.63, 3.8) is 0 Å². The summed E-state index contributed by atoms with van der Waals surface area (Å²) in [4.78, 5) is 26.8. The highest BCUT2D eigenvalue weighted by molar-refractivity contribution is 5.90. The zero-order valence-corrected chi connectivity index (χ0v) is 21.8. The lowest BCUT2D eigenvalue weighted by Gasteiger charge is -2.61. The average Bonchev–Trinajstić information content (AvgIpc) is 3.23. The molecule has 0 aromatic carbocycles. The van der Waals surface area contributed by atoms with Crippen molar-refractivity contribution in [1.82, 2.24) is 0 Å². The largest absolute Gasteiger partial charge is 0.454 e. The predicted molar refractivity (Wildman–Crippen MR) is 128 cm³/mol. The molecule has 6 aliphatic rings. The fourth-order valence-corrected chi connectivity index (χ4v) is 10.4. The summed E-state index contributed by atoms with van der Waals surface area (Å²) in [7, 11) is 0. The number of fused-ring (bicyclic) bond motifs is 7. The number of carbonyl (C=O) groups excluding carboxylic acids is 2. The number of esters is 1. The number of carbonyl (C=O) groups is 2. The molecule has 0 aromatic rings.